The first-order valence-electron chi connectivity index (χ1n) is 18.2. The molecule has 0 aromatic carbocycles. The van der Waals surface area contributed by atoms with Crippen molar-refractivity contribution in [2.75, 3.05) is 6.61 Å². The minimum absolute atomic E-state index is 0.00123. The van der Waals surface area contributed by atoms with Crippen LogP contribution in [0.2, 0.25) is 0 Å². The molecule has 4 saturated carbocycles. The third-order valence-electron chi connectivity index (χ3n) is 12.2. The van der Waals surface area contributed by atoms with Crippen LogP contribution in [0.5, 0.6) is 0 Å². The molecule has 312 valence electrons. The Labute approximate surface area is 322 Å². The second kappa shape index (κ2) is 17.6. The van der Waals surface area contributed by atoms with Gasteiger partial charge in [0.2, 0.25) is 0 Å². The van der Waals surface area contributed by atoms with E-state index in [1.165, 1.54) is 0 Å². The third kappa shape index (κ3) is 9.65. The predicted molar refractivity (Wildman–Crippen MR) is 184 cm³/mol. The number of carboxylic acids is 2. The normalized spacial score (nSPS) is 38.5. The fraction of sp³-hybridized carbons (Fsp3) is 0.824. The van der Waals surface area contributed by atoms with E-state index in [1.807, 2.05) is 6.92 Å². The van der Waals surface area contributed by atoms with Gasteiger partial charge < -0.3 is 34.3 Å². The second-order valence-electron chi connectivity index (χ2n) is 16.0. The molecule has 2 bridgehead atoms. The molecule has 8 unspecified atom stereocenters. The van der Waals surface area contributed by atoms with Gasteiger partial charge in [0.25, 0.3) is 0 Å². The zero-order valence-electron chi connectivity index (χ0n) is 30.7. The number of hydrogen-bond donors (Lipinski definition) is 5. The largest absolute Gasteiger partial charge is 0.481 e. The number of rotatable bonds is 17. The summed E-state index contributed by atoms with van der Waals surface area (Å²) in [4.78, 5) is 49.6. The first kappa shape index (κ1) is 43.7. The highest BCUT2D eigenvalue weighted by molar-refractivity contribution is 7.89. The van der Waals surface area contributed by atoms with E-state index in [2.05, 4.69) is 16.0 Å². The van der Waals surface area contributed by atoms with Gasteiger partial charge in [-0.05, 0) is 79.6 Å². The Hall–Kier alpha value is -2.44. The molecule has 19 nitrogen and oxygen atoms in total. The molecule has 0 aromatic heterocycles. The highest BCUT2D eigenvalue weighted by Gasteiger charge is 2.67. The lowest BCUT2D eigenvalue weighted by atomic mass is 9.43. The van der Waals surface area contributed by atoms with Crippen LogP contribution in [0, 0.1) is 40.4 Å². The molecule has 4 aliphatic carbocycles. The van der Waals surface area contributed by atoms with E-state index >= 15 is 0 Å². The minimum atomic E-state index is -5.34. The van der Waals surface area contributed by atoms with Gasteiger partial charge in [0.15, 0.2) is 24.7 Å². The van der Waals surface area contributed by atoms with Gasteiger partial charge in [0, 0.05) is 11.8 Å². The summed E-state index contributed by atoms with van der Waals surface area (Å²) in [5.41, 5.74) is -0.333. The number of aliphatic carboxylic acids is 2. The monoisotopic (exact) mass is 826 g/mol. The van der Waals surface area contributed by atoms with Gasteiger partial charge in [0.1, 0.15) is 24.9 Å². The van der Waals surface area contributed by atoms with Crippen LogP contribution in [0.25, 0.3) is 0 Å². The van der Waals surface area contributed by atoms with E-state index in [0.717, 1.165) is 24.8 Å². The molecule has 1 spiro atoms. The van der Waals surface area contributed by atoms with Crippen LogP contribution in [0.3, 0.4) is 0 Å². The number of ether oxygens (including phenoxy) is 4. The van der Waals surface area contributed by atoms with Crippen molar-refractivity contribution in [1.29, 1.82) is 0 Å². The summed E-state index contributed by atoms with van der Waals surface area (Å²) < 4.78 is 72.4. The van der Waals surface area contributed by atoms with E-state index in [9.17, 15) is 42.4 Å². The molecule has 1 aliphatic heterocycles. The van der Waals surface area contributed by atoms with Gasteiger partial charge in [-0.25, -0.2) is 9.44 Å². The maximum atomic E-state index is 13.2. The molecule has 13 atom stereocenters. The molecule has 55 heavy (non-hydrogen) atoms. The van der Waals surface area contributed by atoms with Gasteiger partial charge in [-0.1, -0.05) is 32.4 Å². The standard InChI is InChI=1S/C34H50O19S2/c1-16(2)11-26(38)49-29-28(50-54-53-52-42)27(51-55(43,44)45)22(15-46-25(37)8-7-24(35)36)48-32(29)47-19-12-20(31(40)41)21-9-10-34-13-18(17(3)30(34)39)5-6-23(34)33(21,4)14-19/h16,18-23,27-30,32,39,42H,3,5-15H2,1-2,4H3,(H,35,36)(H,40,41)(H,43,44,45)/t18?,19?,20?,21?,22-,23?,27+,28-,29?,30-,32+,33?,34?/m0/s1. The molecule has 1 heterocycles. The Morgan fingerprint density at radius 1 is 1.04 bits per heavy atom. The summed E-state index contributed by atoms with van der Waals surface area (Å²) in [6.45, 7) is 8.86. The number of carboxylic acid groups (broad SMARTS) is 2. The summed E-state index contributed by atoms with van der Waals surface area (Å²) >= 11 is -0.0552. The lowest BCUT2D eigenvalue weighted by Crippen LogP contribution is -2.64. The van der Waals surface area contributed by atoms with Crippen molar-refractivity contribution in [3.8, 4) is 0 Å². The Morgan fingerprint density at radius 2 is 1.76 bits per heavy atom. The summed E-state index contributed by atoms with van der Waals surface area (Å²) in [6.07, 6.45) is -8.00. The van der Waals surface area contributed by atoms with Crippen molar-refractivity contribution in [3.63, 3.8) is 0 Å². The lowest BCUT2D eigenvalue weighted by Gasteiger charge is -2.62. The van der Waals surface area contributed by atoms with Crippen LogP contribution in [-0.2, 0) is 66.3 Å². The Bertz CT molecular complexity index is 1560. The van der Waals surface area contributed by atoms with Crippen molar-refractivity contribution < 1.29 is 89.4 Å². The van der Waals surface area contributed by atoms with Crippen LogP contribution < -0.4 is 0 Å². The van der Waals surface area contributed by atoms with Crippen LogP contribution in [0.4, 0.5) is 0 Å². The highest BCUT2D eigenvalue weighted by Crippen LogP contribution is 2.70. The molecule has 5 aliphatic rings. The zero-order chi connectivity index (χ0) is 40.5. The van der Waals surface area contributed by atoms with Crippen molar-refractivity contribution in [3.05, 3.63) is 12.2 Å². The quantitative estimate of drug-likeness (QED) is 0.0206. The van der Waals surface area contributed by atoms with E-state index < -0.39 is 113 Å². The zero-order valence-corrected chi connectivity index (χ0v) is 32.3. The van der Waals surface area contributed by atoms with E-state index in [0.29, 0.717) is 19.3 Å². The summed E-state index contributed by atoms with van der Waals surface area (Å²) in [6, 6.07) is 0. The smallest absolute Gasteiger partial charge is 0.397 e. The third-order valence-corrected chi connectivity index (χ3v) is 13.1. The van der Waals surface area contributed by atoms with E-state index in [1.54, 1.807) is 13.8 Å². The van der Waals surface area contributed by atoms with Crippen LogP contribution >= 0.6 is 12.3 Å². The Kier molecular flexibility index (Phi) is 14.0. The molecule has 0 amide bonds. The van der Waals surface area contributed by atoms with Gasteiger partial charge in [-0.2, -0.15) is 8.42 Å². The van der Waals surface area contributed by atoms with E-state index in [-0.39, 0.29) is 48.8 Å². The van der Waals surface area contributed by atoms with Crippen molar-refractivity contribution >= 4 is 46.6 Å². The maximum absolute atomic E-state index is 13.2. The molecule has 0 radical (unpaired) electrons. The van der Waals surface area contributed by atoms with Crippen LogP contribution in [0.1, 0.15) is 85.0 Å². The number of aliphatic hydroxyl groups is 1. The van der Waals surface area contributed by atoms with Crippen molar-refractivity contribution in [1.82, 2.24) is 0 Å². The Balaban J connectivity index is 1.51. The minimum Gasteiger partial charge on any atom is -0.481 e. The highest BCUT2D eigenvalue weighted by atomic mass is 32.3. The Morgan fingerprint density at radius 3 is 2.40 bits per heavy atom. The van der Waals surface area contributed by atoms with Gasteiger partial charge in [-0.3, -0.25) is 27.9 Å². The summed E-state index contributed by atoms with van der Waals surface area (Å²) in [5, 5.41) is 43.4. The van der Waals surface area contributed by atoms with Crippen LogP contribution in [-0.4, -0.2) is 107 Å². The lowest BCUT2D eigenvalue weighted by molar-refractivity contribution is -0.435. The fourth-order valence-corrected chi connectivity index (χ4v) is 11.1. The molecule has 0 aromatic rings. The molecule has 21 heteroatoms. The number of fused-ring (bicyclic) bond motifs is 3. The number of carbonyl (C=O) groups excluding carboxylic acids is 2. The number of carbonyl (C=O) groups is 4. The fourth-order valence-electron chi connectivity index (χ4n) is 10.2. The van der Waals surface area contributed by atoms with Gasteiger partial charge >= 0.3 is 34.3 Å². The molecular weight excluding hydrogens is 776 g/mol. The molecule has 5 N–H and O–H groups in total. The predicted octanol–water partition coefficient (Wildman–Crippen LogP) is 3.26. The topological polar surface area (TPSA) is 277 Å². The van der Waals surface area contributed by atoms with Gasteiger partial charge in [0.05, 0.1) is 31.0 Å². The summed E-state index contributed by atoms with van der Waals surface area (Å²) in [5.74, 6) is -5.44. The van der Waals surface area contributed by atoms with E-state index in [4.69, 9.17) is 37.7 Å². The number of esters is 2. The molecule has 1 saturated heterocycles. The van der Waals surface area contributed by atoms with Crippen molar-refractivity contribution in [2.24, 2.45) is 40.4 Å². The van der Waals surface area contributed by atoms with Gasteiger partial charge in [-0.15, -0.1) is 4.33 Å². The first-order valence-corrected chi connectivity index (χ1v) is 20.3. The average Bonchev–Trinajstić information content (AvgIpc) is 3.26. The average molecular weight is 827 g/mol. The maximum Gasteiger partial charge on any atom is 0.397 e. The molecule has 5 rings (SSSR count). The molecule has 5 fully saturated rings. The summed E-state index contributed by atoms with van der Waals surface area (Å²) in [7, 11) is -5.34. The SMILES string of the molecule is C=C1C2CCC3C4(C)CC(O[C@@H]5O[C@@H](COC(=O)CCC(=O)O)[C@@H](OS(=O)(=O)O)[C@H](OSOOO)C5OC(=O)CC(C)C)CC(C(=O)O)C4CCC3(C2)[C@H]1O. The molecular formula is C34H50O19S2. The first-order chi connectivity index (χ1) is 25.8. The number of hydrogen-bond acceptors (Lipinski definition) is 17. The van der Waals surface area contributed by atoms with Crippen LogP contribution in [0.15, 0.2) is 12.2 Å². The number of aliphatic hydroxyl groups excluding tert-OH is 1. The second-order valence-corrected chi connectivity index (χ2v) is 17.5. The van der Waals surface area contributed by atoms with Crippen molar-refractivity contribution in [2.45, 2.75) is 128 Å².